The van der Waals surface area contributed by atoms with E-state index in [1.54, 1.807) is 13.8 Å². The minimum Gasteiger partial charge on any atom is -0.390 e. The fourth-order valence-electron chi connectivity index (χ4n) is 2.68. The molecule has 0 aliphatic carbocycles. The Morgan fingerprint density at radius 1 is 1.41 bits per heavy atom. The number of nitrogens with zero attached hydrogens (tertiary/aromatic N) is 4. The van der Waals surface area contributed by atoms with Gasteiger partial charge in [0.15, 0.2) is 5.78 Å². The first-order valence-corrected chi connectivity index (χ1v) is 8.88. The fourth-order valence-corrected chi connectivity index (χ4v) is 2.68. The highest BCUT2D eigenvalue weighted by atomic mass is 16.2. The molecule has 27 heavy (non-hydrogen) atoms. The summed E-state index contributed by atoms with van der Waals surface area (Å²) >= 11 is 0. The molecule has 150 valence electrons. The third kappa shape index (κ3) is 6.81. The van der Waals surface area contributed by atoms with Gasteiger partial charge in [-0.05, 0) is 18.9 Å². The standard InChI is InChI=1S/C17H29N7O3/c1-12(2)16(26)13(4-3-7-21-11-19)24(9-6-18)15(25)10-23-8-5-14(20)22-17(23)27/h5,8,11-13H,3-4,6-7,9-10,18H2,1-2H3,(H2,19,21)(H2,20,22,27). The quantitative estimate of drug-likeness (QED) is 0.251. The van der Waals surface area contributed by atoms with E-state index in [-0.39, 0.29) is 43.1 Å². The van der Waals surface area contributed by atoms with Crippen LogP contribution in [0.1, 0.15) is 26.7 Å². The Hall–Kier alpha value is -2.75. The molecular formula is C17H29N7O3. The van der Waals surface area contributed by atoms with Gasteiger partial charge in [-0.15, -0.1) is 0 Å². The summed E-state index contributed by atoms with van der Waals surface area (Å²) in [5, 5.41) is 0. The number of aliphatic imine (C=N–C) groups is 1. The molecule has 1 rings (SSSR count). The Bertz CT molecular complexity index is 715. The van der Waals surface area contributed by atoms with E-state index < -0.39 is 11.7 Å². The van der Waals surface area contributed by atoms with Crippen molar-refractivity contribution >= 4 is 23.8 Å². The maximum absolute atomic E-state index is 12.8. The van der Waals surface area contributed by atoms with E-state index in [4.69, 9.17) is 17.2 Å². The van der Waals surface area contributed by atoms with Crippen molar-refractivity contribution in [2.24, 2.45) is 22.4 Å². The second-order valence-electron chi connectivity index (χ2n) is 6.41. The van der Waals surface area contributed by atoms with Crippen molar-refractivity contribution in [3.63, 3.8) is 0 Å². The molecule has 0 saturated heterocycles. The maximum Gasteiger partial charge on any atom is 0.349 e. The van der Waals surface area contributed by atoms with Gasteiger partial charge in [-0.2, -0.15) is 4.98 Å². The zero-order valence-corrected chi connectivity index (χ0v) is 15.9. The summed E-state index contributed by atoms with van der Waals surface area (Å²) in [7, 11) is 0. The van der Waals surface area contributed by atoms with Crippen molar-refractivity contribution in [2.45, 2.75) is 39.3 Å². The summed E-state index contributed by atoms with van der Waals surface area (Å²) in [6.45, 7) is 4.20. The summed E-state index contributed by atoms with van der Waals surface area (Å²) in [5.74, 6) is -0.607. The molecule has 1 aromatic heterocycles. The van der Waals surface area contributed by atoms with E-state index in [2.05, 4.69) is 9.98 Å². The number of aromatic nitrogens is 2. The smallest absolute Gasteiger partial charge is 0.349 e. The molecule has 1 atom stereocenters. The van der Waals surface area contributed by atoms with Gasteiger partial charge in [0.05, 0.1) is 12.4 Å². The van der Waals surface area contributed by atoms with Crippen LogP contribution in [-0.2, 0) is 16.1 Å². The van der Waals surface area contributed by atoms with E-state index in [9.17, 15) is 14.4 Å². The highest BCUT2D eigenvalue weighted by molar-refractivity contribution is 5.90. The largest absolute Gasteiger partial charge is 0.390 e. The van der Waals surface area contributed by atoms with E-state index in [1.165, 1.54) is 23.5 Å². The summed E-state index contributed by atoms with van der Waals surface area (Å²) < 4.78 is 1.15. The van der Waals surface area contributed by atoms with Crippen molar-refractivity contribution in [3.8, 4) is 0 Å². The molecule has 10 heteroatoms. The van der Waals surface area contributed by atoms with Crippen LogP contribution in [0.3, 0.4) is 0 Å². The molecule has 0 aliphatic heterocycles. The first kappa shape index (κ1) is 22.3. The van der Waals surface area contributed by atoms with Crippen LogP contribution >= 0.6 is 0 Å². The monoisotopic (exact) mass is 379 g/mol. The predicted octanol–water partition coefficient (Wildman–Crippen LogP) is -1.03. The summed E-state index contributed by atoms with van der Waals surface area (Å²) in [4.78, 5) is 46.4. The van der Waals surface area contributed by atoms with Crippen molar-refractivity contribution in [1.29, 1.82) is 0 Å². The number of carbonyl (C=O) groups excluding carboxylic acids is 2. The minimum atomic E-state index is -0.633. The van der Waals surface area contributed by atoms with Crippen LogP contribution in [0.5, 0.6) is 0 Å². The Morgan fingerprint density at radius 2 is 2.11 bits per heavy atom. The van der Waals surface area contributed by atoms with Crippen molar-refractivity contribution in [2.75, 3.05) is 25.4 Å². The number of rotatable bonds is 11. The van der Waals surface area contributed by atoms with E-state index in [0.29, 0.717) is 19.4 Å². The zero-order valence-electron chi connectivity index (χ0n) is 15.9. The number of hydrogen-bond donors (Lipinski definition) is 3. The van der Waals surface area contributed by atoms with Gasteiger partial charge in [-0.3, -0.25) is 19.1 Å². The molecule has 0 radical (unpaired) electrons. The molecule has 0 aliphatic rings. The Morgan fingerprint density at radius 3 is 2.67 bits per heavy atom. The zero-order chi connectivity index (χ0) is 20.4. The number of hydrogen-bond acceptors (Lipinski definition) is 7. The van der Waals surface area contributed by atoms with Gasteiger partial charge in [0.25, 0.3) is 0 Å². The number of nitrogen functional groups attached to an aromatic ring is 1. The number of anilines is 1. The van der Waals surface area contributed by atoms with Gasteiger partial charge in [0.1, 0.15) is 12.4 Å². The SMILES string of the molecule is CC(C)C(=O)C(CCCN=CN)N(CCN)C(=O)Cn1ccc(N)nc1=O. The van der Waals surface area contributed by atoms with Gasteiger partial charge >= 0.3 is 5.69 Å². The molecule has 1 heterocycles. The van der Waals surface area contributed by atoms with Crippen molar-refractivity contribution < 1.29 is 9.59 Å². The first-order valence-electron chi connectivity index (χ1n) is 8.88. The van der Waals surface area contributed by atoms with E-state index in [0.717, 1.165) is 4.57 Å². The number of Topliss-reactive ketones (excluding diaryl/α,β-unsaturated/α-hetero) is 1. The molecule has 0 fully saturated rings. The lowest BCUT2D eigenvalue weighted by Gasteiger charge is -2.32. The second kappa shape index (κ2) is 11.1. The molecule has 6 N–H and O–H groups in total. The molecule has 1 unspecified atom stereocenters. The first-order chi connectivity index (χ1) is 12.8. The number of ketones is 1. The third-order valence-corrected chi connectivity index (χ3v) is 4.04. The average molecular weight is 379 g/mol. The van der Waals surface area contributed by atoms with Gasteiger partial charge in [-0.1, -0.05) is 13.8 Å². The maximum atomic E-state index is 12.8. The Kier molecular flexibility index (Phi) is 9.14. The van der Waals surface area contributed by atoms with Crippen LogP contribution in [-0.4, -0.2) is 58.2 Å². The molecule has 0 bridgehead atoms. The molecule has 1 amide bonds. The normalized spacial score (nSPS) is 12.4. The lowest BCUT2D eigenvalue weighted by molar-refractivity contribution is -0.141. The molecular weight excluding hydrogens is 350 g/mol. The van der Waals surface area contributed by atoms with Gasteiger partial charge in [0.2, 0.25) is 5.91 Å². The summed E-state index contributed by atoms with van der Waals surface area (Å²) in [6.07, 6.45) is 3.64. The Balaban J connectivity index is 3.03. The number of carbonyl (C=O) groups is 2. The molecule has 0 spiro atoms. The Labute approximate surface area is 158 Å². The van der Waals surface area contributed by atoms with Crippen LogP contribution in [0.2, 0.25) is 0 Å². The van der Waals surface area contributed by atoms with Gasteiger partial charge in [-0.25, -0.2) is 4.79 Å². The number of amides is 1. The van der Waals surface area contributed by atoms with Crippen LogP contribution in [0, 0.1) is 5.92 Å². The topological polar surface area (TPSA) is 163 Å². The minimum absolute atomic E-state index is 0.0590. The predicted molar refractivity (Wildman–Crippen MR) is 104 cm³/mol. The van der Waals surface area contributed by atoms with Crippen molar-refractivity contribution in [3.05, 3.63) is 22.7 Å². The molecule has 0 aromatic carbocycles. The molecule has 0 saturated carbocycles. The fraction of sp³-hybridized carbons (Fsp3) is 0.588. The average Bonchev–Trinajstić information content (AvgIpc) is 2.62. The second-order valence-corrected chi connectivity index (χ2v) is 6.41. The van der Waals surface area contributed by atoms with Gasteiger partial charge in [0, 0.05) is 31.7 Å². The molecule has 1 aromatic rings. The highest BCUT2D eigenvalue weighted by Gasteiger charge is 2.30. The summed E-state index contributed by atoms with van der Waals surface area (Å²) in [6, 6.07) is 0.801. The van der Waals surface area contributed by atoms with Crippen LogP contribution in [0.15, 0.2) is 22.1 Å². The third-order valence-electron chi connectivity index (χ3n) is 4.04. The molecule has 10 nitrogen and oxygen atoms in total. The van der Waals surface area contributed by atoms with Crippen molar-refractivity contribution in [1.82, 2.24) is 14.5 Å². The summed E-state index contributed by atoms with van der Waals surface area (Å²) in [5.41, 5.74) is 15.7. The number of nitrogens with two attached hydrogens (primary N) is 3. The van der Waals surface area contributed by atoms with E-state index in [1.807, 2.05) is 0 Å². The van der Waals surface area contributed by atoms with Gasteiger partial charge < -0.3 is 22.1 Å². The van der Waals surface area contributed by atoms with E-state index >= 15 is 0 Å². The van der Waals surface area contributed by atoms with Crippen LogP contribution in [0.4, 0.5) is 5.82 Å². The highest BCUT2D eigenvalue weighted by Crippen LogP contribution is 2.14. The lowest BCUT2D eigenvalue weighted by Crippen LogP contribution is -2.50. The van der Waals surface area contributed by atoms with Crippen LogP contribution in [0.25, 0.3) is 0 Å². The lowest BCUT2D eigenvalue weighted by atomic mass is 9.96. The van der Waals surface area contributed by atoms with Crippen LogP contribution < -0.4 is 22.9 Å².